The van der Waals surface area contributed by atoms with Crippen molar-refractivity contribution in [3.05, 3.63) is 47.0 Å². The lowest BCUT2D eigenvalue weighted by Crippen LogP contribution is -2.48. The molecule has 0 amide bonds. The van der Waals surface area contributed by atoms with Crippen LogP contribution in [-0.4, -0.2) is 24.3 Å². The number of ether oxygens (including phenoxy) is 2. The van der Waals surface area contributed by atoms with Crippen molar-refractivity contribution in [3.63, 3.8) is 0 Å². The van der Waals surface area contributed by atoms with Gasteiger partial charge >= 0.3 is 5.97 Å². The second-order valence-electron chi connectivity index (χ2n) is 9.67. The Morgan fingerprint density at radius 1 is 1.06 bits per heavy atom. The number of rotatable bonds is 6. The van der Waals surface area contributed by atoms with Crippen molar-refractivity contribution in [3.8, 4) is 22.6 Å². The van der Waals surface area contributed by atoms with Crippen LogP contribution in [0.15, 0.2) is 36.4 Å². The fourth-order valence-corrected chi connectivity index (χ4v) is 7.01. The van der Waals surface area contributed by atoms with E-state index in [0.717, 1.165) is 34.4 Å². The summed E-state index contributed by atoms with van der Waals surface area (Å²) in [5, 5.41) is 11.4. The molecule has 4 nitrogen and oxygen atoms in total. The van der Waals surface area contributed by atoms with Crippen molar-refractivity contribution in [2.24, 2.45) is 17.8 Å². The first-order valence-electron chi connectivity index (χ1n) is 11.4. The molecule has 4 aliphatic carbocycles. The average Bonchev–Trinajstić information content (AvgIpc) is 2.72. The van der Waals surface area contributed by atoms with Gasteiger partial charge in [-0.2, -0.15) is 0 Å². The summed E-state index contributed by atoms with van der Waals surface area (Å²) in [6, 6.07) is 11.4. The van der Waals surface area contributed by atoms with E-state index in [1.165, 1.54) is 38.5 Å². The Balaban J connectivity index is 1.41. The van der Waals surface area contributed by atoms with Crippen molar-refractivity contribution < 1.29 is 19.4 Å². The molecule has 0 aliphatic heterocycles. The molecule has 0 aromatic heterocycles. The summed E-state index contributed by atoms with van der Waals surface area (Å²) < 4.78 is 10.4. The molecule has 2 aromatic carbocycles. The van der Waals surface area contributed by atoms with Gasteiger partial charge in [0.2, 0.25) is 0 Å². The monoisotopic (exact) mass is 440 g/mol. The third-order valence-corrected chi connectivity index (χ3v) is 7.83. The van der Waals surface area contributed by atoms with Gasteiger partial charge < -0.3 is 14.6 Å². The molecule has 6 rings (SSSR count). The van der Waals surface area contributed by atoms with Crippen LogP contribution in [0.4, 0.5) is 0 Å². The van der Waals surface area contributed by atoms with Crippen LogP contribution in [0.3, 0.4) is 0 Å². The maximum Gasteiger partial charge on any atom is 0.344 e. The van der Waals surface area contributed by atoms with Gasteiger partial charge in [-0.25, -0.2) is 4.79 Å². The van der Waals surface area contributed by atoms with Gasteiger partial charge in [-0.15, -0.1) is 0 Å². The molecule has 4 aliphatic rings. The van der Waals surface area contributed by atoms with Crippen molar-refractivity contribution in [2.45, 2.75) is 50.9 Å². The zero-order valence-electron chi connectivity index (χ0n) is 17.9. The van der Waals surface area contributed by atoms with Crippen molar-refractivity contribution >= 4 is 17.6 Å². The SMILES string of the molecule is CCOC(=O)COc1ccc(-c2ccc(O)c(C34CC5CC(CC(C5)C3)C4)c2)c(Cl)c1. The van der Waals surface area contributed by atoms with Crippen LogP contribution in [-0.2, 0) is 14.9 Å². The molecule has 0 saturated heterocycles. The molecule has 4 saturated carbocycles. The van der Waals surface area contributed by atoms with E-state index < -0.39 is 5.97 Å². The Kier molecular flexibility index (Phi) is 5.37. The van der Waals surface area contributed by atoms with Crippen LogP contribution >= 0.6 is 11.6 Å². The van der Waals surface area contributed by atoms with E-state index in [1.807, 2.05) is 24.3 Å². The zero-order chi connectivity index (χ0) is 21.6. The van der Waals surface area contributed by atoms with E-state index in [0.29, 0.717) is 23.1 Å². The van der Waals surface area contributed by atoms with Crippen LogP contribution in [0.25, 0.3) is 11.1 Å². The summed E-state index contributed by atoms with van der Waals surface area (Å²) in [5.41, 5.74) is 3.12. The Labute approximate surface area is 188 Å². The smallest absolute Gasteiger partial charge is 0.344 e. The van der Waals surface area contributed by atoms with Gasteiger partial charge in [0.1, 0.15) is 11.5 Å². The summed E-state index contributed by atoms with van der Waals surface area (Å²) in [4.78, 5) is 11.5. The average molecular weight is 441 g/mol. The number of phenolic OH excluding ortho intramolecular Hbond substituents is 1. The fraction of sp³-hybridized carbons (Fsp3) is 0.500. The number of carbonyl (C=O) groups excluding carboxylic acids is 1. The molecular weight excluding hydrogens is 412 g/mol. The third-order valence-electron chi connectivity index (χ3n) is 7.52. The quantitative estimate of drug-likeness (QED) is 0.549. The molecule has 2 aromatic rings. The maximum absolute atomic E-state index is 11.5. The summed E-state index contributed by atoms with van der Waals surface area (Å²) in [5.74, 6) is 2.98. The first-order chi connectivity index (χ1) is 15.0. The molecule has 0 unspecified atom stereocenters. The molecule has 0 heterocycles. The normalized spacial score (nSPS) is 28.5. The summed E-state index contributed by atoms with van der Waals surface area (Å²) in [6.45, 7) is 1.95. The van der Waals surface area contributed by atoms with Gasteiger partial charge in [-0.05, 0) is 105 Å². The molecule has 0 radical (unpaired) electrons. The Hall–Kier alpha value is -2.20. The van der Waals surface area contributed by atoms with E-state index in [1.54, 1.807) is 13.0 Å². The molecule has 0 spiro atoms. The highest BCUT2D eigenvalue weighted by Gasteiger charge is 2.52. The molecule has 164 valence electrons. The Morgan fingerprint density at radius 2 is 1.74 bits per heavy atom. The largest absolute Gasteiger partial charge is 0.508 e. The van der Waals surface area contributed by atoms with Gasteiger partial charge in [-0.1, -0.05) is 17.7 Å². The number of esters is 1. The Morgan fingerprint density at radius 3 is 2.35 bits per heavy atom. The van der Waals surface area contributed by atoms with E-state index >= 15 is 0 Å². The first-order valence-corrected chi connectivity index (χ1v) is 11.8. The number of hydrogen-bond acceptors (Lipinski definition) is 4. The minimum absolute atomic E-state index is 0.115. The Bertz CT molecular complexity index is 964. The molecule has 4 bridgehead atoms. The maximum atomic E-state index is 11.5. The highest BCUT2D eigenvalue weighted by Crippen LogP contribution is 2.62. The molecule has 1 N–H and O–H groups in total. The third kappa shape index (κ3) is 3.91. The molecule has 4 fully saturated rings. The highest BCUT2D eigenvalue weighted by molar-refractivity contribution is 6.33. The minimum atomic E-state index is -0.401. The lowest BCUT2D eigenvalue weighted by molar-refractivity contribution is -0.145. The van der Waals surface area contributed by atoms with Gasteiger partial charge in [0.25, 0.3) is 0 Å². The number of benzene rings is 2. The van der Waals surface area contributed by atoms with Crippen LogP contribution in [0.5, 0.6) is 11.5 Å². The van der Waals surface area contributed by atoms with Crippen LogP contribution < -0.4 is 4.74 Å². The van der Waals surface area contributed by atoms with Crippen LogP contribution in [0, 0.1) is 17.8 Å². The molecular formula is C26H29ClO4. The van der Waals surface area contributed by atoms with Crippen LogP contribution in [0.1, 0.15) is 51.0 Å². The second kappa shape index (κ2) is 8.05. The summed E-state index contributed by atoms with van der Waals surface area (Å²) >= 11 is 6.59. The molecule has 5 heteroatoms. The van der Waals surface area contributed by atoms with Crippen molar-refractivity contribution in [2.75, 3.05) is 13.2 Å². The lowest BCUT2D eigenvalue weighted by Gasteiger charge is -2.57. The number of carbonyl (C=O) groups is 1. The van der Waals surface area contributed by atoms with E-state index in [-0.39, 0.29) is 12.0 Å². The highest BCUT2D eigenvalue weighted by atomic mass is 35.5. The first kappa shape index (κ1) is 20.7. The van der Waals surface area contributed by atoms with Crippen molar-refractivity contribution in [1.29, 1.82) is 0 Å². The number of aromatic hydroxyl groups is 1. The van der Waals surface area contributed by atoms with E-state index in [4.69, 9.17) is 21.1 Å². The number of phenols is 1. The molecule has 31 heavy (non-hydrogen) atoms. The number of halogens is 1. The summed E-state index contributed by atoms with van der Waals surface area (Å²) in [6.07, 6.45) is 7.72. The van der Waals surface area contributed by atoms with Gasteiger partial charge in [0.15, 0.2) is 6.61 Å². The predicted molar refractivity (Wildman–Crippen MR) is 121 cm³/mol. The second-order valence-corrected chi connectivity index (χ2v) is 10.1. The van der Waals surface area contributed by atoms with E-state index in [9.17, 15) is 9.90 Å². The van der Waals surface area contributed by atoms with E-state index in [2.05, 4.69) is 6.07 Å². The van der Waals surface area contributed by atoms with Gasteiger partial charge in [-0.3, -0.25) is 0 Å². The molecule has 0 atom stereocenters. The lowest BCUT2D eigenvalue weighted by atomic mass is 9.48. The van der Waals surface area contributed by atoms with Gasteiger partial charge in [0, 0.05) is 11.1 Å². The number of hydrogen-bond donors (Lipinski definition) is 1. The zero-order valence-corrected chi connectivity index (χ0v) is 18.7. The standard InChI is InChI=1S/C26H29ClO4/c1-2-30-25(29)15-31-20-4-5-21(23(27)11-20)19-3-6-24(28)22(10-19)26-12-16-7-17(13-26)9-18(8-16)14-26/h3-6,10-11,16-18,28H,2,7-9,12-15H2,1H3. The minimum Gasteiger partial charge on any atom is -0.508 e. The van der Waals surface area contributed by atoms with Gasteiger partial charge in [0.05, 0.1) is 11.6 Å². The fourth-order valence-electron chi connectivity index (χ4n) is 6.73. The topological polar surface area (TPSA) is 55.8 Å². The summed E-state index contributed by atoms with van der Waals surface area (Å²) in [7, 11) is 0. The van der Waals surface area contributed by atoms with Crippen molar-refractivity contribution in [1.82, 2.24) is 0 Å². The predicted octanol–water partition coefficient (Wildman–Crippen LogP) is 6.12. The van der Waals surface area contributed by atoms with Crippen LogP contribution in [0.2, 0.25) is 5.02 Å².